The molecule has 0 spiro atoms. The normalized spacial score (nSPS) is 13.7. The van der Waals surface area contributed by atoms with Gasteiger partial charge < -0.3 is 26.1 Å². The Hall–Kier alpha value is -3.72. The molecule has 9 nitrogen and oxygen atoms in total. The second kappa shape index (κ2) is 10.1. The van der Waals surface area contributed by atoms with E-state index in [-0.39, 0.29) is 23.5 Å². The number of nitrogens with two attached hydrogens (primary N) is 1. The van der Waals surface area contributed by atoms with Crippen molar-refractivity contribution in [3.05, 3.63) is 58.1 Å². The number of hydrogen-bond acceptors (Lipinski definition) is 8. The first-order valence-electron chi connectivity index (χ1n) is 11.7. The fraction of sp³-hybridized carbons (Fsp3) is 0.346. The number of halogens is 1. The van der Waals surface area contributed by atoms with Gasteiger partial charge in [0.05, 0.1) is 24.3 Å². The van der Waals surface area contributed by atoms with Gasteiger partial charge in [-0.05, 0) is 51.3 Å². The van der Waals surface area contributed by atoms with Crippen LogP contribution in [0.5, 0.6) is 5.75 Å². The summed E-state index contributed by atoms with van der Waals surface area (Å²) >= 11 is 6.70. The molecular weight excluding hydrogens is 478 g/mol. The Morgan fingerprint density at radius 2 is 2.03 bits per heavy atom. The molecule has 0 radical (unpaired) electrons. The van der Waals surface area contributed by atoms with Gasteiger partial charge in [0.15, 0.2) is 0 Å². The molecule has 1 amide bonds. The summed E-state index contributed by atoms with van der Waals surface area (Å²) in [6, 6.07) is 3.66. The Balaban J connectivity index is 1.77. The van der Waals surface area contributed by atoms with Gasteiger partial charge in [-0.2, -0.15) is 0 Å². The summed E-state index contributed by atoms with van der Waals surface area (Å²) in [6.07, 6.45) is 6.71. The zero-order valence-corrected chi connectivity index (χ0v) is 21.8. The molecule has 1 saturated carbocycles. The van der Waals surface area contributed by atoms with Crippen molar-refractivity contribution >= 4 is 34.9 Å². The van der Waals surface area contributed by atoms with Crippen molar-refractivity contribution in [2.75, 3.05) is 25.2 Å². The highest BCUT2D eigenvalue weighted by Crippen LogP contribution is 2.43. The molecule has 1 aliphatic rings. The Bertz CT molecular complexity index is 1340. The lowest BCUT2D eigenvalue weighted by Crippen LogP contribution is -2.28. The predicted molar refractivity (Wildman–Crippen MR) is 142 cm³/mol. The maximum Gasteiger partial charge on any atom is 0.255 e. The van der Waals surface area contributed by atoms with E-state index in [1.165, 1.54) is 6.33 Å². The molecule has 0 saturated heterocycles. The lowest BCUT2D eigenvalue weighted by Gasteiger charge is -2.24. The molecule has 2 heterocycles. The van der Waals surface area contributed by atoms with Crippen LogP contribution in [0.1, 0.15) is 59.8 Å². The molecule has 1 aromatic carbocycles. The van der Waals surface area contributed by atoms with Crippen LogP contribution in [-0.2, 0) is 0 Å². The van der Waals surface area contributed by atoms with E-state index in [0.29, 0.717) is 33.8 Å². The predicted octanol–water partition coefficient (Wildman–Crippen LogP) is 4.89. The molecule has 1 unspecified atom stereocenters. The van der Waals surface area contributed by atoms with Gasteiger partial charge in [0, 0.05) is 52.9 Å². The van der Waals surface area contributed by atoms with Gasteiger partial charge in [-0.25, -0.2) is 9.97 Å². The maximum absolute atomic E-state index is 13.0. The van der Waals surface area contributed by atoms with Gasteiger partial charge in [-0.15, -0.1) is 0 Å². The van der Waals surface area contributed by atoms with Crippen molar-refractivity contribution in [1.29, 1.82) is 5.41 Å². The number of methoxy groups -OCH3 is 1. The number of pyridine rings is 1. The van der Waals surface area contributed by atoms with E-state index in [1.54, 1.807) is 31.3 Å². The molecule has 2 aromatic heterocycles. The Morgan fingerprint density at radius 1 is 1.31 bits per heavy atom. The molecule has 36 heavy (non-hydrogen) atoms. The topological polar surface area (TPSA) is 130 Å². The number of ether oxygens (including phenoxy) is 1. The summed E-state index contributed by atoms with van der Waals surface area (Å²) in [4.78, 5) is 27.4. The fourth-order valence-corrected chi connectivity index (χ4v) is 4.53. The largest absolute Gasteiger partial charge is 0.496 e. The third kappa shape index (κ3) is 4.83. The van der Waals surface area contributed by atoms with Crippen molar-refractivity contribution in [3.63, 3.8) is 0 Å². The van der Waals surface area contributed by atoms with E-state index >= 15 is 0 Å². The summed E-state index contributed by atoms with van der Waals surface area (Å²) < 4.78 is 5.90. The molecule has 1 aliphatic carbocycles. The Labute approximate surface area is 215 Å². The maximum atomic E-state index is 13.0. The van der Waals surface area contributed by atoms with Crippen LogP contribution < -0.4 is 15.8 Å². The van der Waals surface area contributed by atoms with Gasteiger partial charge >= 0.3 is 0 Å². The number of hydrogen-bond donors (Lipinski definition) is 3. The highest BCUT2D eigenvalue weighted by atomic mass is 35.5. The molecule has 188 valence electrons. The van der Waals surface area contributed by atoms with Gasteiger partial charge in [-0.1, -0.05) is 11.6 Å². The average molecular weight is 508 g/mol. The number of anilines is 2. The lowest BCUT2D eigenvalue weighted by molar-refractivity contribution is 0.0784. The number of rotatable bonds is 8. The molecule has 10 heteroatoms. The molecule has 0 bridgehead atoms. The fourth-order valence-electron chi connectivity index (χ4n) is 4.32. The summed E-state index contributed by atoms with van der Waals surface area (Å²) in [5, 5.41) is 12.0. The third-order valence-corrected chi connectivity index (χ3v) is 6.86. The van der Waals surface area contributed by atoms with Crippen LogP contribution in [0, 0.1) is 12.3 Å². The van der Waals surface area contributed by atoms with Crippen molar-refractivity contribution in [3.8, 4) is 16.9 Å². The molecule has 0 aliphatic heterocycles. The van der Waals surface area contributed by atoms with E-state index in [9.17, 15) is 4.79 Å². The van der Waals surface area contributed by atoms with Crippen LogP contribution in [-0.4, -0.2) is 51.7 Å². The molecular formula is C26H30ClN7O2. The standard InChI is InChI=1S/C26H30ClN7O2/c1-13-20(27)9-19(15(3)33-25-22(14(2)28)24(29)31-12-32-25)23(36-5)21(13)16-8-17(11-30-10-16)26(35)34(4)18-6-7-18/h8-12,15,18,28H,6-7H2,1-5H3,(H3,29,31,32,33). The van der Waals surface area contributed by atoms with E-state index < -0.39 is 0 Å². The number of carbonyl (C=O) groups is 1. The average Bonchev–Trinajstić information content (AvgIpc) is 3.69. The molecule has 4 rings (SSSR count). The number of amides is 1. The highest BCUT2D eigenvalue weighted by Gasteiger charge is 2.30. The van der Waals surface area contributed by atoms with Gasteiger partial charge in [0.2, 0.25) is 0 Å². The van der Waals surface area contributed by atoms with Crippen molar-refractivity contribution < 1.29 is 9.53 Å². The smallest absolute Gasteiger partial charge is 0.255 e. The number of aromatic nitrogens is 3. The summed E-state index contributed by atoms with van der Waals surface area (Å²) in [5.74, 6) is 1.22. The Kier molecular flexibility index (Phi) is 7.12. The van der Waals surface area contributed by atoms with Crippen LogP contribution >= 0.6 is 11.6 Å². The first-order chi connectivity index (χ1) is 17.1. The zero-order valence-electron chi connectivity index (χ0n) is 21.0. The monoisotopic (exact) mass is 507 g/mol. The second-order valence-corrected chi connectivity index (χ2v) is 9.47. The number of nitrogen functional groups attached to an aromatic ring is 1. The summed E-state index contributed by atoms with van der Waals surface area (Å²) in [6.45, 7) is 5.49. The van der Waals surface area contributed by atoms with Gasteiger partial charge in [-0.3, -0.25) is 9.78 Å². The van der Waals surface area contributed by atoms with Crippen LogP contribution in [0.15, 0.2) is 30.9 Å². The van der Waals surface area contributed by atoms with E-state index in [0.717, 1.165) is 35.1 Å². The van der Waals surface area contributed by atoms with Gasteiger partial charge in [0.1, 0.15) is 23.7 Å². The van der Waals surface area contributed by atoms with Crippen LogP contribution in [0.4, 0.5) is 11.6 Å². The van der Waals surface area contributed by atoms with Crippen LogP contribution in [0.3, 0.4) is 0 Å². The highest BCUT2D eigenvalue weighted by molar-refractivity contribution is 6.32. The first kappa shape index (κ1) is 25.4. The van der Waals surface area contributed by atoms with Crippen molar-refractivity contribution in [2.24, 2.45) is 0 Å². The number of carbonyl (C=O) groups excluding carboxylic acids is 1. The quantitative estimate of drug-likeness (QED) is 0.370. The third-order valence-electron chi connectivity index (χ3n) is 6.47. The van der Waals surface area contributed by atoms with Crippen LogP contribution in [0.25, 0.3) is 11.1 Å². The minimum Gasteiger partial charge on any atom is -0.496 e. The first-order valence-corrected chi connectivity index (χ1v) is 12.0. The minimum absolute atomic E-state index is 0.0587. The zero-order chi connectivity index (χ0) is 26.1. The SMILES string of the molecule is COc1c(C(C)Nc2ncnc(N)c2C(C)=N)cc(Cl)c(C)c1-c1cncc(C(=O)N(C)C2CC2)c1. The van der Waals surface area contributed by atoms with E-state index in [1.807, 2.05) is 33.0 Å². The minimum atomic E-state index is -0.317. The summed E-state index contributed by atoms with van der Waals surface area (Å²) in [5.41, 5.74) is 10.3. The van der Waals surface area contributed by atoms with Crippen LogP contribution in [0.2, 0.25) is 5.02 Å². The number of nitrogens with zero attached hydrogens (tertiary/aromatic N) is 4. The number of benzene rings is 1. The summed E-state index contributed by atoms with van der Waals surface area (Å²) in [7, 11) is 3.43. The van der Waals surface area contributed by atoms with E-state index in [2.05, 4.69) is 20.3 Å². The van der Waals surface area contributed by atoms with E-state index in [4.69, 9.17) is 27.5 Å². The lowest BCUT2D eigenvalue weighted by atomic mass is 9.94. The molecule has 1 atom stereocenters. The van der Waals surface area contributed by atoms with Gasteiger partial charge in [0.25, 0.3) is 5.91 Å². The van der Waals surface area contributed by atoms with Crippen molar-refractivity contribution in [1.82, 2.24) is 19.9 Å². The Morgan fingerprint density at radius 3 is 2.67 bits per heavy atom. The molecule has 3 aromatic rings. The van der Waals surface area contributed by atoms with Crippen molar-refractivity contribution in [2.45, 2.75) is 45.7 Å². The molecule has 1 fully saturated rings. The number of nitrogens with one attached hydrogen (secondary N) is 2. The second-order valence-electron chi connectivity index (χ2n) is 9.06. The molecule has 4 N–H and O–H groups in total.